The van der Waals surface area contributed by atoms with Crippen molar-refractivity contribution in [3.63, 3.8) is 0 Å². The first-order valence-electron chi connectivity index (χ1n) is 10.5. The average Bonchev–Trinajstić information content (AvgIpc) is 3.37. The van der Waals surface area contributed by atoms with E-state index in [2.05, 4.69) is 20.7 Å². The highest BCUT2D eigenvalue weighted by Gasteiger charge is 2.09. The number of hydrogen-bond donors (Lipinski definition) is 1. The molecule has 1 aromatic heterocycles. The van der Waals surface area contributed by atoms with E-state index in [9.17, 15) is 4.79 Å². The fraction of sp³-hybridized carbons (Fsp3) is 0.120. The van der Waals surface area contributed by atoms with Gasteiger partial charge in [0.1, 0.15) is 11.6 Å². The van der Waals surface area contributed by atoms with Crippen molar-refractivity contribution < 1.29 is 14.3 Å². The molecule has 0 aliphatic heterocycles. The van der Waals surface area contributed by atoms with Crippen LogP contribution in [0.5, 0.6) is 11.5 Å². The number of carbonyl (C=O) groups excluding carboxylic acids is 1. The number of methoxy groups -OCH3 is 1. The molecular weight excluding hydrogens is 504 g/mol. The van der Waals surface area contributed by atoms with Gasteiger partial charge in [-0.25, -0.2) is 5.43 Å². The van der Waals surface area contributed by atoms with Crippen LogP contribution in [0.1, 0.15) is 11.1 Å². The Balaban J connectivity index is 1.26. The van der Waals surface area contributed by atoms with Gasteiger partial charge in [-0.2, -0.15) is 5.10 Å². The quantitative estimate of drug-likeness (QED) is 0.163. The van der Waals surface area contributed by atoms with E-state index in [0.717, 1.165) is 26.0 Å². The van der Waals surface area contributed by atoms with Crippen molar-refractivity contribution in [2.24, 2.45) is 5.10 Å². The normalized spacial score (nSPS) is 10.9. The monoisotopic (exact) mass is 524 g/mol. The number of amides is 1. The standard InChI is InChI=1S/C25H21ClN4O3S2/c1-32-22-13-18(9-12-21(22)33-15-17-7-10-20(26)11-8-17)14-27-28-23(31)16-34-25-30-29-24(35-25)19-5-3-2-4-6-19/h2-14H,15-16H2,1H3,(H,28,31). The molecule has 0 aliphatic rings. The number of rotatable bonds is 10. The lowest BCUT2D eigenvalue weighted by atomic mass is 10.2. The minimum absolute atomic E-state index is 0.182. The Hall–Kier alpha value is -3.40. The van der Waals surface area contributed by atoms with E-state index in [-0.39, 0.29) is 11.7 Å². The summed E-state index contributed by atoms with van der Waals surface area (Å²) >= 11 is 8.68. The molecule has 0 saturated heterocycles. The summed E-state index contributed by atoms with van der Waals surface area (Å²) < 4.78 is 12.0. The first kappa shape index (κ1) is 24.7. The van der Waals surface area contributed by atoms with Crippen LogP contribution >= 0.6 is 34.7 Å². The van der Waals surface area contributed by atoms with Crippen LogP contribution in [0.25, 0.3) is 10.6 Å². The molecule has 4 rings (SSSR count). The zero-order chi connectivity index (χ0) is 24.5. The second kappa shape index (κ2) is 12.3. The molecule has 3 aromatic carbocycles. The fourth-order valence-corrected chi connectivity index (χ4v) is 4.70. The molecule has 0 unspecified atom stereocenters. The maximum absolute atomic E-state index is 12.2. The van der Waals surface area contributed by atoms with Gasteiger partial charge < -0.3 is 9.47 Å². The van der Waals surface area contributed by atoms with Crippen LogP contribution in [-0.4, -0.2) is 35.2 Å². The van der Waals surface area contributed by atoms with Crippen molar-refractivity contribution in [1.82, 2.24) is 15.6 Å². The first-order chi connectivity index (χ1) is 17.1. The SMILES string of the molecule is COc1cc(C=NNC(=O)CSc2nnc(-c3ccccc3)s2)ccc1OCc1ccc(Cl)cc1. The van der Waals surface area contributed by atoms with E-state index >= 15 is 0 Å². The summed E-state index contributed by atoms with van der Waals surface area (Å²) in [6, 6.07) is 22.7. The average molecular weight is 525 g/mol. The Bertz CT molecular complexity index is 1300. The van der Waals surface area contributed by atoms with Crippen molar-refractivity contribution in [1.29, 1.82) is 0 Å². The number of nitrogens with zero attached hydrogens (tertiary/aromatic N) is 3. The summed E-state index contributed by atoms with van der Waals surface area (Å²) in [4.78, 5) is 12.2. The molecule has 7 nitrogen and oxygen atoms in total. The summed E-state index contributed by atoms with van der Waals surface area (Å²) in [6.45, 7) is 0.385. The highest BCUT2D eigenvalue weighted by molar-refractivity contribution is 8.01. The van der Waals surface area contributed by atoms with E-state index < -0.39 is 0 Å². The van der Waals surface area contributed by atoms with E-state index in [1.807, 2.05) is 60.7 Å². The molecule has 0 saturated carbocycles. The Kier molecular flexibility index (Phi) is 8.72. The Morgan fingerprint density at radius 2 is 1.89 bits per heavy atom. The van der Waals surface area contributed by atoms with Gasteiger partial charge in [0.05, 0.1) is 19.1 Å². The van der Waals surface area contributed by atoms with Gasteiger partial charge in [-0.05, 0) is 41.5 Å². The van der Waals surface area contributed by atoms with Crippen molar-refractivity contribution in [3.05, 3.63) is 88.9 Å². The van der Waals surface area contributed by atoms with Crippen LogP contribution in [0, 0.1) is 0 Å². The molecule has 178 valence electrons. The third kappa shape index (κ3) is 7.29. The number of carbonyl (C=O) groups is 1. The molecular formula is C25H21ClN4O3S2. The minimum atomic E-state index is -0.238. The topological polar surface area (TPSA) is 85.7 Å². The number of aromatic nitrogens is 2. The molecule has 10 heteroatoms. The molecule has 1 heterocycles. The summed E-state index contributed by atoms with van der Waals surface area (Å²) in [6.07, 6.45) is 1.55. The molecule has 4 aromatic rings. The molecule has 1 N–H and O–H groups in total. The molecule has 0 bridgehead atoms. The lowest BCUT2D eigenvalue weighted by molar-refractivity contribution is -0.118. The zero-order valence-electron chi connectivity index (χ0n) is 18.7. The van der Waals surface area contributed by atoms with Crippen LogP contribution in [0.4, 0.5) is 0 Å². The van der Waals surface area contributed by atoms with Gasteiger partial charge >= 0.3 is 0 Å². The second-order valence-electron chi connectivity index (χ2n) is 7.15. The molecule has 0 atom stereocenters. The van der Waals surface area contributed by atoms with Crippen molar-refractivity contribution in [3.8, 4) is 22.1 Å². The summed E-state index contributed by atoms with van der Waals surface area (Å²) in [7, 11) is 1.57. The highest BCUT2D eigenvalue weighted by Crippen LogP contribution is 2.30. The molecule has 0 spiro atoms. The van der Waals surface area contributed by atoms with Gasteiger partial charge in [-0.15, -0.1) is 10.2 Å². The van der Waals surface area contributed by atoms with E-state index in [1.54, 1.807) is 25.5 Å². The smallest absolute Gasteiger partial charge is 0.250 e. The summed E-state index contributed by atoms with van der Waals surface area (Å²) in [5, 5.41) is 13.9. The zero-order valence-corrected chi connectivity index (χ0v) is 21.1. The van der Waals surface area contributed by atoms with Crippen LogP contribution in [0.3, 0.4) is 0 Å². The van der Waals surface area contributed by atoms with Crippen LogP contribution in [0.15, 0.2) is 82.2 Å². The second-order valence-corrected chi connectivity index (χ2v) is 9.78. The van der Waals surface area contributed by atoms with Gasteiger partial charge in [0.15, 0.2) is 15.8 Å². The van der Waals surface area contributed by atoms with Crippen molar-refractivity contribution in [2.75, 3.05) is 12.9 Å². The number of hydrazone groups is 1. The third-order valence-electron chi connectivity index (χ3n) is 4.65. The molecule has 35 heavy (non-hydrogen) atoms. The van der Waals surface area contributed by atoms with Gasteiger partial charge in [-0.3, -0.25) is 4.79 Å². The number of ether oxygens (including phenoxy) is 2. The molecule has 1 amide bonds. The highest BCUT2D eigenvalue weighted by atomic mass is 35.5. The number of nitrogens with one attached hydrogen (secondary N) is 1. The number of halogens is 1. The maximum atomic E-state index is 12.2. The van der Waals surface area contributed by atoms with Gasteiger partial charge in [0.2, 0.25) is 0 Å². The number of benzene rings is 3. The predicted molar refractivity (Wildman–Crippen MR) is 141 cm³/mol. The van der Waals surface area contributed by atoms with Crippen LogP contribution in [-0.2, 0) is 11.4 Å². The number of thioether (sulfide) groups is 1. The van der Waals surface area contributed by atoms with E-state index in [1.165, 1.54) is 23.1 Å². The maximum Gasteiger partial charge on any atom is 0.250 e. The molecule has 0 aliphatic carbocycles. The summed E-state index contributed by atoms with van der Waals surface area (Å²) in [5.74, 6) is 1.11. The number of hydrogen-bond acceptors (Lipinski definition) is 8. The molecule has 0 fully saturated rings. The van der Waals surface area contributed by atoms with E-state index in [4.69, 9.17) is 21.1 Å². The van der Waals surface area contributed by atoms with Gasteiger partial charge in [0, 0.05) is 10.6 Å². The summed E-state index contributed by atoms with van der Waals surface area (Å²) in [5.41, 5.74) is 5.28. The van der Waals surface area contributed by atoms with Gasteiger partial charge in [-0.1, -0.05) is 77.2 Å². The van der Waals surface area contributed by atoms with Gasteiger partial charge in [0.25, 0.3) is 5.91 Å². The molecule has 0 radical (unpaired) electrons. The Labute approximate surface area is 216 Å². The fourth-order valence-electron chi connectivity index (χ4n) is 2.93. The first-order valence-corrected chi connectivity index (χ1v) is 12.7. The van der Waals surface area contributed by atoms with E-state index in [0.29, 0.717) is 23.1 Å². The Morgan fingerprint density at radius 3 is 2.66 bits per heavy atom. The van der Waals surface area contributed by atoms with Crippen LogP contribution < -0.4 is 14.9 Å². The van der Waals surface area contributed by atoms with Crippen LogP contribution in [0.2, 0.25) is 5.02 Å². The predicted octanol–water partition coefficient (Wildman–Crippen LogP) is 5.69. The van der Waals surface area contributed by atoms with Crippen molar-refractivity contribution >= 4 is 46.8 Å². The minimum Gasteiger partial charge on any atom is -0.493 e. The largest absolute Gasteiger partial charge is 0.493 e. The van der Waals surface area contributed by atoms with Crippen molar-refractivity contribution in [2.45, 2.75) is 10.9 Å². The lowest BCUT2D eigenvalue weighted by Crippen LogP contribution is -2.19. The lowest BCUT2D eigenvalue weighted by Gasteiger charge is -2.11. The third-order valence-corrected chi connectivity index (χ3v) is 7.01. The Morgan fingerprint density at radius 1 is 1.09 bits per heavy atom.